The molecular formula is C13H21N3O2. The van der Waals surface area contributed by atoms with Crippen LogP contribution in [0.1, 0.15) is 39.3 Å². The second kappa shape index (κ2) is 6.93. The van der Waals surface area contributed by atoms with E-state index in [9.17, 15) is 9.59 Å². The van der Waals surface area contributed by atoms with E-state index in [2.05, 4.69) is 10.3 Å². The maximum absolute atomic E-state index is 11.7. The van der Waals surface area contributed by atoms with E-state index in [1.165, 1.54) is 17.0 Å². The SMILES string of the molecule is CCCc1cc(=O)n(CC(=O)NC(C)CC)cn1. The van der Waals surface area contributed by atoms with Gasteiger partial charge >= 0.3 is 0 Å². The van der Waals surface area contributed by atoms with Crippen LogP contribution in [-0.2, 0) is 17.8 Å². The molecule has 5 heteroatoms. The van der Waals surface area contributed by atoms with Crippen LogP contribution in [-0.4, -0.2) is 21.5 Å². The number of nitrogens with one attached hydrogen (secondary N) is 1. The van der Waals surface area contributed by atoms with Gasteiger partial charge in [-0.3, -0.25) is 14.2 Å². The Hall–Kier alpha value is -1.65. The van der Waals surface area contributed by atoms with Crippen molar-refractivity contribution >= 4 is 5.91 Å². The number of aromatic nitrogens is 2. The molecule has 1 atom stereocenters. The second-order valence-corrected chi connectivity index (χ2v) is 4.47. The van der Waals surface area contributed by atoms with E-state index >= 15 is 0 Å². The molecule has 18 heavy (non-hydrogen) atoms. The highest BCUT2D eigenvalue weighted by atomic mass is 16.2. The van der Waals surface area contributed by atoms with Crippen LogP contribution >= 0.6 is 0 Å². The minimum absolute atomic E-state index is 0.0303. The molecule has 1 amide bonds. The maximum atomic E-state index is 11.7. The average molecular weight is 251 g/mol. The van der Waals surface area contributed by atoms with Gasteiger partial charge in [0.25, 0.3) is 5.56 Å². The van der Waals surface area contributed by atoms with Crippen molar-refractivity contribution in [1.82, 2.24) is 14.9 Å². The zero-order valence-electron chi connectivity index (χ0n) is 11.3. The molecule has 1 unspecified atom stereocenters. The quantitative estimate of drug-likeness (QED) is 0.823. The van der Waals surface area contributed by atoms with E-state index in [1.54, 1.807) is 0 Å². The van der Waals surface area contributed by atoms with Crippen molar-refractivity contribution in [3.05, 3.63) is 28.4 Å². The molecule has 1 heterocycles. The summed E-state index contributed by atoms with van der Waals surface area (Å²) in [6.45, 7) is 6.00. The van der Waals surface area contributed by atoms with Crippen molar-refractivity contribution < 1.29 is 4.79 Å². The molecule has 0 spiro atoms. The van der Waals surface area contributed by atoms with Crippen LogP contribution in [0.25, 0.3) is 0 Å². The monoisotopic (exact) mass is 251 g/mol. The summed E-state index contributed by atoms with van der Waals surface area (Å²) in [4.78, 5) is 27.6. The smallest absolute Gasteiger partial charge is 0.253 e. The molecule has 0 saturated carbocycles. The Bertz CT molecular complexity index is 454. The van der Waals surface area contributed by atoms with E-state index < -0.39 is 0 Å². The molecule has 0 bridgehead atoms. The van der Waals surface area contributed by atoms with E-state index in [1.807, 2.05) is 20.8 Å². The van der Waals surface area contributed by atoms with E-state index in [0.717, 1.165) is 25.0 Å². The Labute approximate surface area is 107 Å². The van der Waals surface area contributed by atoms with Gasteiger partial charge in [0.2, 0.25) is 5.91 Å². The molecule has 1 aromatic rings. The molecular weight excluding hydrogens is 230 g/mol. The Morgan fingerprint density at radius 1 is 1.50 bits per heavy atom. The summed E-state index contributed by atoms with van der Waals surface area (Å²) in [5.74, 6) is -0.156. The topological polar surface area (TPSA) is 64.0 Å². The van der Waals surface area contributed by atoms with Crippen LogP contribution in [0.3, 0.4) is 0 Å². The van der Waals surface area contributed by atoms with Gasteiger partial charge in [-0.1, -0.05) is 20.3 Å². The third kappa shape index (κ3) is 4.31. The first-order valence-electron chi connectivity index (χ1n) is 6.41. The van der Waals surface area contributed by atoms with Gasteiger partial charge in [-0.25, -0.2) is 4.98 Å². The first kappa shape index (κ1) is 14.4. The normalized spacial score (nSPS) is 12.2. The van der Waals surface area contributed by atoms with Gasteiger partial charge in [0.05, 0.1) is 6.33 Å². The van der Waals surface area contributed by atoms with E-state index in [4.69, 9.17) is 0 Å². The van der Waals surface area contributed by atoms with Crippen LogP contribution in [0.4, 0.5) is 0 Å². The van der Waals surface area contributed by atoms with Crippen molar-refractivity contribution in [3.63, 3.8) is 0 Å². The molecule has 0 radical (unpaired) electrons. The molecule has 0 saturated heterocycles. The molecule has 0 aliphatic carbocycles. The van der Waals surface area contributed by atoms with Gasteiger partial charge in [0, 0.05) is 17.8 Å². The summed E-state index contributed by atoms with van der Waals surface area (Å²) in [6, 6.07) is 1.63. The highest BCUT2D eigenvalue weighted by molar-refractivity contribution is 5.75. The van der Waals surface area contributed by atoms with Crippen molar-refractivity contribution in [2.45, 2.75) is 52.6 Å². The van der Waals surface area contributed by atoms with Crippen molar-refractivity contribution in [2.24, 2.45) is 0 Å². The first-order chi connectivity index (χ1) is 8.56. The number of amides is 1. The standard InChI is InChI=1S/C13H21N3O2/c1-4-6-11-7-13(18)16(9-14-11)8-12(17)15-10(3)5-2/h7,9-10H,4-6,8H2,1-3H3,(H,15,17). The zero-order chi connectivity index (χ0) is 13.5. The average Bonchev–Trinajstić information content (AvgIpc) is 2.33. The third-order valence-corrected chi connectivity index (χ3v) is 2.78. The molecule has 0 aliphatic rings. The molecule has 1 aromatic heterocycles. The van der Waals surface area contributed by atoms with Crippen molar-refractivity contribution in [2.75, 3.05) is 0 Å². The minimum atomic E-state index is -0.173. The minimum Gasteiger partial charge on any atom is -0.352 e. The summed E-state index contributed by atoms with van der Waals surface area (Å²) in [6.07, 6.45) is 4.05. The Kier molecular flexibility index (Phi) is 5.55. The molecule has 0 fully saturated rings. The largest absolute Gasteiger partial charge is 0.352 e. The Morgan fingerprint density at radius 2 is 2.22 bits per heavy atom. The molecule has 1 N–H and O–H groups in total. The third-order valence-electron chi connectivity index (χ3n) is 2.78. The lowest BCUT2D eigenvalue weighted by atomic mass is 10.2. The fourth-order valence-corrected chi connectivity index (χ4v) is 1.55. The molecule has 0 aromatic carbocycles. The molecule has 0 aliphatic heterocycles. The number of nitrogens with zero attached hydrogens (tertiary/aromatic N) is 2. The van der Waals surface area contributed by atoms with Crippen molar-refractivity contribution in [1.29, 1.82) is 0 Å². The molecule has 5 nitrogen and oxygen atoms in total. The maximum Gasteiger partial charge on any atom is 0.253 e. The number of carbonyl (C=O) groups is 1. The second-order valence-electron chi connectivity index (χ2n) is 4.47. The lowest BCUT2D eigenvalue weighted by Gasteiger charge is -2.12. The molecule has 1 rings (SSSR count). The predicted octanol–water partition coefficient (Wildman–Crippen LogP) is 1.11. The summed E-state index contributed by atoms with van der Waals surface area (Å²) < 4.78 is 1.33. The summed E-state index contributed by atoms with van der Waals surface area (Å²) in [5.41, 5.74) is 0.605. The Morgan fingerprint density at radius 3 is 2.78 bits per heavy atom. The number of hydrogen-bond donors (Lipinski definition) is 1. The highest BCUT2D eigenvalue weighted by Gasteiger charge is 2.07. The molecule has 100 valence electrons. The van der Waals surface area contributed by atoms with Gasteiger partial charge < -0.3 is 5.32 Å². The highest BCUT2D eigenvalue weighted by Crippen LogP contribution is 1.95. The number of rotatable bonds is 6. The Balaban J connectivity index is 2.68. The summed E-state index contributed by atoms with van der Waals surface area (Å²) >= 11 is 0. The summed E-state index contributed by atoms with van der Waals surface area (Å²) in [7, 11) is 0. The van der Waals surface area contributed by atoms with Gasteiger partial charge in [-0.05, 0) is 19.8 Å². The zero-order valence-corrected chi connectivity index (χ0v) is 11.3. The van der Waals surface area contributed by atoms with E-state index in [0.29, 0.717) is 0 Å². The van der Waals surface area contributed by atoms with Crippen LogP contribution in [0.5, 0.6) is 0 Å². The number of aryl methyl sites for hydroxylation is 1. The number of carbonyl (C=O) groups excluding carboxylic acids is 1. The van der Waals surface area contributed by atoms with Gasteiger partial charge in [-0.2, -0.15) is 0 Å². The van der Waals surface area contributed by atoms with E-state index in [-0.39, 0.29) is 24.1 Å². The number of hydrogen-bond acceptors (Lipinski definition) is 3. The van der Waals surface area contributed by atoms with Crippen LogP contribution < -0.4 is 10.9 Å². The van der Waals surface area contributed by atoms with Crippen LogP contribution in [0.15, 0.2) is 17.2 Å². The lowest BCUT2D eigenvalue weighted by Crippen LogP contribution is -2.37. The van der Waals surface area contributed by atoms with Crippen LogP contribution in [0.2, 0.25) is 0 Å². The van der Waals surface area contributed by atoms with Gasteiger partial charge in [-0.15, -0.1) is 0 Å². The lowest BCUT2D eigenvalue weighted by molar-refractivity contribution is -0.122. The fraction of sp³-hybridized carbons (Fsp3) is 0.615. The predicted molar refractivity (Wildman–Crippen MR) is 70.4 cm³/mol. The van der Waals surface area contributed by atoms with Crippen LogP contribution in [0, 0.1) is 0 Å². The van der Waals surface area contributed by atoms with Crippen molar-refractivity contribution in [3.8, 4) is 0 Å². The van der Waals surface area contributed by atoms with Gasteiger partial charge in [0.15, 0.2) is 0 Å². The fourth-order valence-electron chi connectivity index (χ4n) is 1.55. The summed E-state index contributed by atoms with van der Waals surface area (Å²) in [5, 5.41) is 2.82. The van der Waals surface area contributed by atoms with Gasteiger partial charge in [0.1, 0.15) is 6.54 Å². The first-order valence-corrected chi connectivity index (χ1v) is 6.41.